The Hall–Kier alpha value is -3.54. The van der Waals surface area contributed by atoms with Gasteiger partial charge < -0.3 is 14.1 Å². The summed E-state index contributed by atoms with van der Waals surface area (Å²) in [4.78, 5) is 2.18. The quantitative estimate of drug-likeness (QED) is 0.189. The van der Waals surface area contributed by atoms with E-state index in [1.165, 1.54) is 10.9 Å². The Morgan fingerprint density at radius 3 is 2.58 bits per heavy atom. The van der Waals surface area contributed by atoms with Crippen LogP contribution in [0.2, 0.25) is 10.0 Å². The monoisotopic (exact) mass is 545 g/mol. The Morgan fingerprint density at radius 2 is 1.68 bits per heavy atom. The SMILES string of the molecule is CCCCN1C(=Cc2oc3ccc(Cl)cc3[n+]2CCC[n+]2cccc3ccccc32)Oc2ccc(Cl)cc21. The Kier molecular flexibility index (Phi) is 6.96. The van der Waals surface area contributed by atoms with Gasteiger partial charge in [-0.05, 0) is 48.9 Å². The van der Waals surface area contributed by atoms with Crippen LogP contribution in [-0.4, -0.2) is 6.54 Å². The van der Waals surface area contributed by atoms with E-state index in [0.717, 1.165) is 73.2 Å². The van der Waals surface area contributed by atoms with E-state index in [-0.39, 0.29) is 0 Å². The highest BCUT2D eigenvalue weighted by Gasteiger charge is 2.30. The molecule has 0 atom stereocenters. The Bertz CT molecular complexity index is 1660. The number of benzene rings is 3. The van der Waals surface area contributed by atoms with Crippen molar-refractivity contribution in [3.05, 3.63) is 101 Å². The molecule has 5 nitrogen and oxygen atoms in total. The fourth-order valence-electron chi connectivity index (χ4n) is 5.06. The third-order valence-corrected chi connectivity index (χ3v) is 7.41. The number of rotatable bonds is 8. The van der Waals surface area contributed by atoms with Crippen LogP contribution in [0.1, 0.15) is 32.1 Å². The summed E-state index contributed by atoms with van der Waals surface area (Å²) >= 11 is 12.7. The van der Waals surface area contributed by atoms with Gasteiger partial charge in [0.2, 0.25) is 17.0 Å². The van der Waals surface area contributed by atoms with Crippen molar-refractivity contribution >= 4 is 57.0 Å². The highest BCUT2D eigenvalue weighted by Crippen LogP contribution is 2.41. The first-order chi connectivity index (χ1) is 18.6. The summed E-state index contributed by atoms with van der Waals surface area (Å²) in [6, 6.07) is 24.2. The lowest BCUT2D eigenvalue weighted by Gasteiger charge is -2.17. The number of nitrogens with zero attached hydrogens (tertiary/aromatic N) is 3. The van der Waals surface area contributed by atoms with Gasteiger partial charge in [-0.25, -0.2) is 0 Å². The van der Waals surface area contributed by atoms with Crippen molar-refractivity contribution in [2.75, 3.05) is 11.4 Å². The van der Waals surface area contributed by atoms with Gasteiger partial charge in [-0.1, -0.05) is 48.7 Å². The van der Waals surface area contributed by atoms with Gasteiger partial charge >= 0.3 is 5.89 Å². The van der Waals surface area contributed by atoms with Crippen molar-refractivity contribution in [2.24, 2.45) is 0 Å². The van der Waals surface area contributed by atoms with E-state index < -0.39 is 0 Å². The molecular formula is C31H29Cl2N3O2+2. The van der Waals surface area contributed by atoms with Crippen LogP contribution in [0.4, 0.5) is 5.69 Å². The fraction of sp³-hybridized carbons (Fsp3) is 0.226. The average Bonchev–Trinajstić information content (AvgIpc) is 3.44. The minimum absolute atomic E-state index is 0.679. The number of pyridine rings is 1. The number of ether oxygens (including phenoxy) is 1. The third-order valence-electron chi connectivity index (χ3n) is 6.94. The second-order valence-electron chi connectivity index (χ2n) is 9.52. The van der Waals surface area contributed by atoms with E-state index in [1.807, 2.05) is 42.5 Å². The van der Waals surface area contributed by atoms with Crippen molar-refractivity contribution in [3.8, 4) is 5.75 Å². The molecule has 0 amide bonds. The maximum Gasteiger partial charge on any atom is 0.379 e. The van der Waals surface area contributed by atoms with Crippen LogP contribution >= 0.6 is 23.2 Å². The number of aryl methyl sites for hydroxylation is 2. The number of unbranched alkanes of at least 4 members (excludes halogenated alkanes) is 1. The zero-order valence-electron chi connectivity index (χ0n) is 21.2. The maximum absolute atomic E-state index is 6.40. The zero-order valence-corrected chi connectivity index (χ0v) is 22.8. The highest BCUT2D eigenvalue weighted by atomic mass is 35.5. The summed E-state index contributed by atoms with van der Waals surface area (Å²) in [6.07, 6.45) is 7.15. The van der Waals surface area contributed by atoms with Gasteiger partial charge in [0.05, 0.1) is 12.1 Å². The van der Waals surface area contributed by atoms with Gasteiger partial charge in [0.25, 0.3) is 5.52 Å². The minimum atomic E-state index is 0.679. The number of hydrogen-bond acceptors (Lipinski definition) is 3. The lowest BCUT2D eigenvalue weighted by Crippen LogP contribution is -2.40. The van der Waals surface area contributed by atoms with Crippen molar-refractivity contribution in [2.45, 2.75) is 39.3 Å². The van der Waals surface area contributed by atoms with E-state index in [2.05, 4.69) is 63.6 Å². The van der Waals surface area contributed by atoms with E-state index in [4.69, 9.17) is 32.4 Å². The second-order valence-corrected chi connectivity index (χ2v) is 10.4. The van der Waals surface area contributed by atoms with Crippen LogP contribution in [0.25, 0.3) is 28.1 Å². The molecule has 6 rings (SSSR count). The number of aromatic nitrogens is 2. The molecule has 0 saturated carbocycles. The maximum atomic E-state index is 6.40. The van der Waals surface area contributed by atoms with Crippen molar-refractivity contribution in [1.29, 1.82) is 0 Å². The van der Waals surface area contributed by atoms with E-state index in [1.54, 1.807) is 0 Å². The molecule has 0 saturated heterocycles. The molecule has 7 heteroatoms. The summed E-state index contributed by atoms with van der Waals surface area (Å²) in [5.41, 5.74) is 3.96. The zero-order chi connectivity index (χ0) is 26.1. The molecule has 192 valence electrons. The Labute approximate surface area is 232 Å². The highest BCUT2D eigenvalue weighted by molar-refractivity contribution is 6.31. The Balaban J connectivity index is 1.34. The van der Waals surface area contributed by atoms with Gasteiger partial charge in [0.1, 0.15) is 6.08 Å². The second kappa shape index (κ2) is 10.7. The molecule has 2 aromatic heterocycles. The topological polar surface area (TPSA) is 33.4 Å². The van der Waals surface area contributed by atoms with Crippen molar-refractivity contribution in [3.63, 3.8) is 0 Å². The summed E-state index contributed by atoms with van der Waals surface area (Å²) < 4.78 is 17.1. The smallest absolute Gasteiger partial charge is 0.379 e. The van der Waals surface area contributed by atoms with Crippen LogP contribution in [0.5, 0.6) is 5.75 Å². The van der Waals surface area contributed by atoms with E-state index in [9.17, 15) is 0 Å². The minimum Gasteiger partial charge on any atom is -0.438 e. The van der Waals surface area contributed by atoms with Gasteiger partial charge in [-0.3, -0.25) is 0 Å². The number of anilines is 1. The lowest BCUT2D eigenvalue weighted by atomic mass is 10.2. The first-order valence-electron chi connectivity index (χ1n) is 13.1. The molecule has 1 aliphatic heterocycles. The van der Waals surface area contributed by atoms with Crippen LogP contribution < -0.4 is 18.8 Å². The van der Waals surface area contributed by atoms with Crippen molar-refractivity contribution in [1.82, 2.24) is 0 Å². The standard InChI is InChI=1S/C31H29Cl2N3O2/c1-2-3-17-35-26-19-23(32)11-13-28(26)37-30(35)21-31-36(27-20-24(33)12-14-29(27)38-31)18-7-16-34-15-6-9-22-8-4-5-10-25(22)34/h4-6,8-15,19-21H,2-3,7,16-18H2,1H3/q+2. The first-order valence-corrected chi connectivity index (χ1v) is 13.8. The average molecular weight is 546 g/mol. The molecule has 3 heterocycles. The summed E-state index contributed by atoms with van der Waals surface area (Å²) in [6.45, 7) is 4.65. The molecule has 0 fully saturated rings. The number of fused-ring (bicyclic) bond motifs is 3. The number of oxazole rings is 1. The summed E-state index contributed by atoms with van der Waals surface area (Å²) in [5.74, 6) is 2.26. The van der Waals surface area contributed by atoms with Crippen LogP contribution in [-0.2, 0) is 13.1 Å². The molecule has 0 unspecified atom stereocenters. The summed E-state index contributed by atoms with van der Waals surface area (Å²) in [5, 5.41) is 2.60. The molecule has 0 spiro atoms. The van der Waals surface area contributed by atoms with Gasteiger partial charge in [0, 0.05) is 40.2 Å². The van der Waals surface area contributed by atoms with Gasteiger partial charge in [0.15, 0.2) is 25.0 Å². The molecule has 38 heavy (non-hydrogen) atoms. The van der Waals surface area contributed by atoms with Crippen LogP contribution in [0.15, 0.2) is 89.3 Å². The van der Waals surface area contributed by atoms with E-state index >= 15 is 0 Å². The predicted molar refractivity (Wildman–Crippen MR) is 152 cm³/mol. The predicted octanol–water partition coefficient (Wildman–Crippen LogP) is 7.56. The molecule has 0 bridgehead atoms. The van der Waals surface area contributed by atoms with Crippen LogP contribution in [0, 0.1) is 0 Å². The number of para-hydroxylation sites is 1. The molecule has 0 N–H and O–H groups in total. The molecule has 1 aliphatic rings. The lowest BCUT2D eigenvalue weighted by molar-refractivity contribution is -0.705. The number of hydrogen-bond donors (Lipinski definition) is 0. The molecule has 0 radical (unpaired) electrons. The normalized spacial score (nSPS) is 14.0. The largest absolute Gasteiger partial charge is 0.438 e. The van der Waals surface area contributed by atoms with Gasteiger partial charge in [-0.15, -0.1) is 0 Å². The Morgan fingerprint density at radius 1 is 0.868 bits per heavy atom. The molecule has 0 aliphatic carbocycles. The first kappa shape index (κ1) is 24.8. The van der Waals surface area contributed by atoms with Crippen molar-refractivity contribution < 1.29 is 18.3 Å². The summed E-state index contributed by atoms with van der Waals surface area (Å²) in [7, 11) is 0. The van der Waals surface area contributed by atoms with Crippen LogP contribution in [0.3, 0.4) is 0 Å². The molecular weight excluding hydrogens is 517 g/mol. The van der Waals surface area contributed by atoms with E-state index in [0.29, 0.717) is 10.0 Å². The number of halogens is 2. The fourth-order valence-corrected chi connectivity index (χ4v) is 5.39. The molecule has 3 aromatic carbocycles. The third kappa shape index (κ3) is 4.84. The molecule has 5 aromatic rings. The van der Waals surface area contributed by atoms with Gasteiger partial charge in [-0.2, -0.15) is 9.13 Å².